The van der Waals surface area contributed by atoms with Crippen molar-refractivity contribution in [1.82, 2.24) is 15.5 Å². The van der Waals surface area contributed by atoms with Crippen LogP contribution < -0.4 is 10.6 Å². The molecule has 0 aromatic carbocycles. The minimum absolute atomic E-state index is 0.149. The summed E-state index contributed by atoms with van der Waals surface area (Å²) < 4.78 is 5.17. The van der Waals surface area contributed by atoms with Crippen LogP contribution in [0.1, 0.15) is 33.1 Å². The van der Waals surface area contributed by atoms with E-state index in [-0.39, 0.29) is 50.0 Å². The Bertz CT molecular complexity index is 507. The predicted octanol–water partition coefficient (Wildman–Crippen LogP) is -1.39. The number of carboxylic acids is 1. The van der Waals surface area contributed by atoms with E-state index in [9.17, 15) is 9.59 Å². The van der Waals surface area contributed by atoms with E-state index in [1.54, 1.807) is 0 Å². The molecule has 28 heavy (non-hydrogen) atoms. The summed E-state index contributed by atoms with van der Waals surface area (Å²) in [7, 11) is 0. The topological polar surface area (TPSA) is 152 Å². The van der Waals surface area contributed by atoms with Crippen molar-refractivity contribution in [2.24, 2.45) is 0 Å². The van der Waals surface area contributed by atoms with Crippen LogP contribution >= 0.6 is 0 Å². The Hall–Kier alpha value is -1.72. The highest BCUT2D eigenvalue weighted by Crippen LogP contribution is 2.36. The van der Waals surface area contributed by atoms with Gasteiger partial charge in [-0.05, 0) is 18.9 Å². The van der Waals surface area contributed by atoms with Gasteiger partial charge < -0.3 is 35.8 Å². The fourth-order valence-electron chi connectivity index (χ4n) is 2.89. The molecule has 1 amide bonds. The molecule has 4 atom stereocenters. The number of rotatable bonds is 11. The third kappa shape index (κ3) is 6.71. The number of aliphatic hydroxyl groups excluding tert-OH is 3. The Morgan fingerprint density at radius 2 is 1.71 bits per heavy atom. The first-order valence-corrected chi connectivity index (χ1v) is 9.63. The molecule has 10 nitrogen and oxygen atoms in total. The highest BCUT2D eigenvalue weighted by molar-refractivity contribution is 5.91. The summed E-state index contributed by atoms with van der Waals surface area (Å²) in [5, 5.41) is 41.8. The number of aliphatic hydroxyl groups is 3. The maximum atomic E-state index is 11.1. The summed E-state index contributed by atoms with van der Waals surface area (Å²) in [5.74, 6) is -1.22. The van der Waals surface area contributed by atoms with Gasteiger partial charge in [0, 0.05) is 25.2 Å². The molecule has 0 spiro atoms. The molecule has 0 aliphatic carbocycles. The number of carboxylic acid groups (broad SMARTS) is 1. The van der Waals surface area contributed by atoms with Crippen LogP contribution in [0.5, 0.6) is 0 Å². The molecular weight excluding hydrogens is 370 g/mol. The van der Waals surface area contributed by atoms with Gasteiger partial charge in [-0.1, -0.05) is 13.8 Å². The summed E-state index contributed by atoms with van der Waals surface area (Å²) in [5.41, 5.74) is 0. The lowest BCUT2D eigenvalue weighted by Crippen LogP contribution is -2.54. The molecule has 2 heterocycles. The lowest BCUT2D eigenvalue weighted by atomic mass is 10.1. The number of fused-ring (bicyclic) bond motifs is 1. The van der Waals surface area contributed by atoms with Crippen LogP contribution in [0.15, 0.2) is 11.8 Å². The van der Waals surface area contributed by atoms with Crippen molar-refractivity contribution in [3.63, 3.8) is 0 Å². The van der Waals surface area contributed by atoms with E-state index in [1.807, 2.05) is 13.8 Å². The van der Waals surface area contributed by atoms with E-state index in [0.29, 0.717) is 0 Å². The number of carbonyl (C=O) groups excluding carboxylic acids is 1. The normalized spacial score (nSPS) is 24.0. The van der Waals surface area contributed by atoms with Crippen LogP contribution in [0.25, 0.3) is 0 Å². The zero-order valence-electron chi connectivity index (χ0n) is 16.5. The van der Waals surface area contributed by atoms with E-state index in [0.717, 1.165) is 25.9 Å². The highest BCUT2D eigenvalue weighted by Gasteiger charge is 2.53. The Morgan fingerprint density at radius 3 is 2.07 bits per heavy atom. The van der Waals surface area contributed by atoms with Crippen molar-refractivity contribution in [2.45, 2.75) is 57.5 Å². The summed E-state index contributed by atoms with van der Waals surface area (Å²) in [6, 6.07) is -0.662. The average Bonchev–Trinajstić information content (AvgIpc) is 2.98. The third-order valence-electron chi connectivity index (χ3n) is 4.71. The summed E-state index contributed by atoms with van der Waals surface area (Å²) in [4.78, 5) is 23.1. The van der Waals surface area contributed by atoms with Gasteiger partial charge in [-0.25, -0.2) is 4.79 Å². The Morgan fingerprint density at radius 1 is 1.18 bits per heavy atom. The summed E-state index contributed by atoms with van der Waals surface area (Å²) >= 11 is 0. The second-order valence-electron chi connectivity index (χ2n) is 6.59. The largest absolute Gasteiger partial charge is 0.479 e. The number of nitrogens with one attached hydrogen (secondary N) is 2. The van der Waals surface area contributed by atoms with Crippen molar-refractivity contribution in [1.29, 1.82) is 0 Å². The van der Waals surface area contributed by atoms with Gasteiger partial charge in [0.2, 0.25) is 5.91 Å². The zero-order valence-corrected chi connectivity index (χ0v) is 16.5. The molecule has 0 bridgehead atoms. The van der Waals surface area contributed by atoms with Crippen molar-refractivity contribution >= 4 is 11.9 Å². The second kappa shape index (κ2) is 12.7. The van der Waals surface area contributed by atoms with Gasteiger partial charge in [-0.15, -0.1) is 0 Å². The van der Waals surface area contributed by atoms with E-state index in [2.05, 4.69) is 10.6 Å². The number of nitrogens with zero attached hydrogens (tertiary/aromatic N) is 1. The van der Waals surface area contributed by atoms with Crippen molar-refractivity contribution in [3.05, 3.63) is 11.8 Å². The van der Waals surface area contributed by atoms with E-state index in [4.69, 9.17) is 25.2 Å². The molecule has 2 aliphatic rings. The number of hydrogen-bond donors (Lipinski definition) is 6. The van der Waals surface area contributed by atoms with Gasteiger partial charge in [0.15, 0.2) is 12.3 Å². The lowest BCUT2D eigenvalue weighted by Gasteiger charge is -2.33. The molecule has 162 valence electrons. The first kappa shape index (κ1) is 24.3. The molecule has 0 aromatic rings. The Balaban J connectivity index is 0.000000280. The smallest absolute Gasteiger partial charge is 0.334 e. The molecule has 0 saturated carbocycles. The van der Waals surface area contributed by atoms with Crippen LogP contribution in [0.4, 0.5) is 0 Å². The third-order valence-corrected chi connectivity index (χ3v) is 4.71. The molecule has 2 saturated heterocycles. The van der Waals surface area contributed by atoms with Gasteiger partial charge in [-0.3, -0.25) is 9.69 Å². The Kier molecular flexibility index (Phi) is 11.0. The zero-order chi connectivity index (χ0) is 21.1. The monoisotopic (exact) mass is 403 g/mol. The molecule has 2 unspecified atom stereocenters. The van der Waals surface area contributed by atoms with Crippen molar-refractivity contribution < 1.29 is 34.8 Å². The first-order chi connectivity index (χ1) is 13.4. The van der Waals surface area contributed by atoms with Gasteiger partial charge in [-0.2, -0.15) is 0 Å². The van der Waals surface area contributed by atoms with Gasteiger partial charge in [0.25, 0.3) is 0 Å². The van der Waals surface area contributed by atoms with Crippen LogP contribution in [0, 0.1) is 0 Å². The quantitative estimate of drug-likeness (QED) is 0.181. The number of carbonyl (C=O) groups is 2. The maximum absolute atomic E-state index is 11.1. The van der Waals surface area contributed by atoms with Gasteiger partial charge in [0.05, 0.1) is 26.2 Å². The first-order valence-electron chi connectivity index (χ1n) is 9.63. The average molecular weight is 403 g/mol. The fraction of sp³-hybridized carbons (Fsp3) is 0.778. The van der Waals surface area contributed by atoms with Crippen LogP contribution in [0.2, 0.25) is 0 Å². The minimum atomic E-state index is -1.14. The van der Waals surface area contributed by atoms with Crippen LogP contribution in [0.3, 0.4) is 0 Å². The lowest BCUT2D eigenvalue weighted by molar-refractivity contribution is -0.163. The fourth-order valence-corrected chi connectivity index (χ4v) is 2.89. The summed E-state index contributed by atoms with van der Waals surface area (Å²) in [6.07, 6.45) is 2.90. The predicted molar refractivity (Wildman–Crippen MR) is 101 cm³/mol. The number of aliphatic carboxylic acids is 1. The number of ether oxygens (including phenoxy) is 1. The second-order valence-corrected chi connectivity index (χ2v) is 6.59. The van der Waals surface area contributed by atoms with Gasteiger partial charge >= 0.3 is 5.97 Å². The van der Waals surface area contributed by atoms with Crippen molar-refractivity contribution in [2.75, 3.05) is 32.9 Å². The maximum Gasteiger partial charge on any atom is 0.334 e. The molecular formula is C18H33N3O7. The summed E-state index contributed by atoms with van der Waals surface area (Å²) in [6.45, 7) is 5.83. The van der Waals surface area contributed by atoms with E-state index >= 15 is 0 Å². The van der Waals surface area contributed by atoms with Gasteiger partial charge in [0.1, 0.15) is 5.76 Å². The number of amides is 1. The van der Waals surface area contributed by atoms with Crippen molar-refractivity contribution in [3.8, 4) is 0 Å². The standard InChI is InChI=1S/C10H24N2O2.C8H9NO5/c1-3-9(7-13)11-5-6-12-10(4-2)8-14;10-2-1-4-7(8(12)13)9-5(11)3-6(9)14-4/h9-14H,3-8H2,1-2H3;1,6-7,10H,2-3H2,(H,12,13)/t9-,10-;/m0./s1. The molecule has 6 N–H and O–H groups in total. The molecule has 2 fully saturated rings. The minimum Gasteiger partial charge on any atom is -0.479 e. The van der Waals surface area contributed by atoms with Crippen LogP contribution in [-0.4, -0.2) is 94.5 Å². The molecule has 0 radical (unpaired) electrons. The highest BCUT2D eigenvalue weighted by atomic mass is 16.5. The molecule has 0 aromatic heterocycles. The Labute approximate surface area is 165 Å². The molecule has 2 rings (SSSR count). The SMILES string of the molecule is CC[C@@H](CO)NCCN[C@@H](CC)CO.O=C(O)C1C(=CCO)OC2CC(=O)N21. The van der Waals surface area contributed by atoms with Crippen LogP contribution in [-0.2, 0) is 14.3 Å². The van der Waals surface area contributed by atoms with E-state index in [1.165, 1.54) is 11.0 Å². The van der Waals surface area contributed by atoms with E-state index < -0.39 is 18.2 Å². The molecule has 10 heteroatoms. The number of β-lactam (4-membered cyclic amide) rings is 1. The molecule has 2 aliphatic heterocycles. The number of hydrogen-bond acceptors (Lipinski definition) is 8.